The zero-order valence-corrected chi connectivity index (χ0v) is 11.0. The minimum absolute atomic E-state index is 0.335. The van der Waals surface area contributed by atoms with Crippen molar-refractivity contribution in [3.05, 3.63) is 59.2 Å². The van der Waals surface area contributed by atoms with E-state index in [0.29, 0.717) is 11.1 Å². The van der Waals surface area contributed by atoms with E-state index < -0.39 is 5.91 Å². The summed E-state index contributed by atoms with van der Waals surface area (Å²) in [6.07, 6.45) is 0. The quantitative estimate of drug-likeness (QED) is 0.446. The average Bonchev–Trinajstić information content (AvgIpc) is 2.47. The molecule has 20 heavy (non-hydrogen) atoms. The number of carbonyl (C=O) groups excluding carboxylic acids is 2. The first-order valence-corrected chi connectivity index (χ1v) is 6.05. The zero-order valence-electron chi connectivity index (χ0n) is 11.0. The van der Waals surface area contributed by atoms with Gasteiger partial charge in [-0.15, -0.1) is 0 Å². The van der Waals surface area contributed by atoms with Crippen molar-refractivity contribution in [3.63, 3.8) is 0 Å². The van der Waals surface area contributed by atoms with Gasteiger partial charge in [0.15, 0.2) is 0 Å². The standard InChI is InChI=1S/C15H15N3O2/c1-9-12(3-2-4-13(9)15(20)18-17)10-5-7-11(8-6-10)14(16)19/h2-8H,17H2,1H3,(H2,16,19)(H,18,20). The highest BCUT2D eigenvalue weighted by atomic mass is 16.2. The number of hydrogen-bond acceptors (Lipinski definition) is 3. The van der Waals surface area contributed by atoms with E-state index >= 15 is 0 Å². The van der Waals surface area contributed by atoms with Crippen molar-refractivity contribution in [1.29, 1.82) is 0 Å². The van der Waals surface area contributed by atoms with Gasteiger partial charge in [-0.2, -0.15) is 0 Å². The van der Waals surface area contributed by atoms with Gasteiger partial charge < -0.3 is 5.73 Å². The van der Waals surface area contributed by atoms with Crippen LogP contribution in [0.2, 0.25) is 0 Å². The predicted molar refractivity (Wildman–Crippen MR) is 76.8 cm³/mol. The van der Waals surface area contributed by atoms with E-state index in [0.717, 1.165) is 16.7 Å². The van der Waals surface area contributed by atoms with Crippen molar-refractivity contribution < 1.29 is 9.59 Å². The summed E-state index contributed by atoms with van der Waals surface area (Å²) in [5.41, 5.74) is 10.9. The number of primary amides is 1. The molecule has 5 nitrogen and oxygen atoms in total. The van der Waals surface area contributed by atoms with Crippen LogP contribution in [-0.2, 0) is 0 Å². The Balaban J connectivity index is 2.47. The van der Waals surface area contributed by atoms with Gasteiger partial charge in [0.2, 0.25) is 5.91 Å². The van der Waals surface area contributed by atoms with Crippen molar-refractivity contribution in [2.24, 2.45) is 11.6 Å². The molecule has 0 unspecified atom stereocenters. The van der Waals surface area contributed by atoms with Crippen molar-refractivity contribution in [2.45, 2.75) is 6.92 Å². The Hall–Kier alpha value is -2.66. The number of nitrogens with one attached hydrogen (secondary N) is 1. The number of hydrogen-bond donors (Lipinski definition) is 3. The summed E-state index contributed by atoms with van der Waals surface area (Å²) in [7, 11) is 0. The van der Waals surface area contributed by atoms with E-state index in [4.69, 9.17) is 11.6 Å². The van der Waals surface area contributed by atoms with Crippen LogP contribution >= 0.6 is 0 Å². The minimum Gasteiger partial charge on any atom is -0.366 e. The molecule has 0 heterocycles. The molecule has 0 aliphatic carbocycles. The van der Waals surface area contributed by atoms with Crippen LogP contribution in [0.4, 0.5) is 0 Å². The molecule has 0 aliphatic heterocycles. The van der Waals surface area contributed by atoms with Crippen molar-refractivity contribution in [2.75, 3.05) is 0 Å². The first-order valence-electron chi connectivity index (χ1n) is 6.05. The van der Waals surface area contributed by atoms with E-state index in [2.05, 4.69) is 5.43 Å². The molecule has 2 aromatic carbocycles. The predicted octanol–water partition coefficient (Wildman–Crippen LogP) is 1.36. The summed E-state index contributed by atoms with van der Waals surface area (Å²) >= 11 is 0. The number of nitrogen functional groups attached to an aromatic ring is 1. The Morgan fingerprint density at radius 3 is 2.25 bits per heavy atom. The zero-order chi connectivity index (χ0) is 14.7. The van der Waals surface area contributed by atoms with E-state index in [1.54, 1.807) is 36.4 Å². The lowest BCUT2D eigenvalue weighted by Gasteiger charge is -2.10. The van der Waals surface area contributed by atoms with Crippen LogP contribution in [0.3, 0.4) is 0 Å². The van der Waals surface area contributed by atoms with Gasteiger partial charge in [0.05, 0.1) is 0 Å². The number of hydrazine groups is 1. The van der Waals surface area contributed by atoms with Crippen LogP contribution < -0.4 is 17.0 Å². The molecule has 0 radical (unpaired) electrons. The average molecular weight is 269 g/mol. The van der Waals surface area contributed by atoms with Crippen LogP contribution in [0, 0.1) is 6.92 Å². The molecular weight excluding hydrogens is 254 g/mol. The van der Waals surface area contributed by atoms with E-state index in [9.17, 15) is 9.59 Å². The van der Waals surface area contributed by atoms with Crippen LogP contribution in [0.1, 0.15) is 26.3 Å². The summed E-state index contributed by atoms with van der Waals surface area (Å²) in [4.78, 5) is 22.7. The summed E-state index contributed by atoms with van der Waals surface area (Å²) < 4.78 is 0. The van der Waals surface area contributed by atoms with Gasteiger partial charge in [-0.25, -0.2) is 5.84 Å². The third-order valence-electron chi connectivity index (χ3n) is 3.19. The largest absolute Gasteiger partial charge is 0.366 e. The minimum atomic E-state index is -0.468. The molecule has 0 atom stereocenters. The summed E-state index contributed by atoms with van der Waals surface area (Å²) in [6, 6.07) is 12.3. The van der Waals surface area contributed by atoms with Crippen molar-refractivity contribution >= 4 is 11.8 Å². The molecule has 2 amide bonds. The molecule has 0 saturated carbocycles. The van der Waals surface area contributed by atoms with Gasteiger partial charge in [0.25, 0.3) is 5.91 Å². The summed E-state index contributed by atoms with van der Waals surface area (Å²) in [6.45, 7) is 1.85. The molecule has 0 spiro atoms. The lowest BCUT2D eigenvalue weighted by Crippen LogP contribution is -2.30. The van der Waals surface area contributed by atoms with Gasteiger partial charge in [0, 0.05) is 11.1 Å². The van der Waals surface area contributed by atoms with Crippen molar-refractivity contribution in [3.8, 4) is 11.1 Å². The van der Waals surface area contributed by atoms with Gasteiger partial charge >= 0.3 is 0 Å². The molecule has 0 fully saturated rings. The molecule has 2 aromatic rings. The first kappa shape index (κ1) is 13.8. The highest BCUT2D eigenvalue weighted by Crippen LogP contribution is 2.26. The second-order valence-electron chi connectivity index (χ2n) is 4.39. The lowest BCUT2D eigenvalue weighted by atomic mass is 9.95. The van der Waals surface area contributed by atoms with E-state index in [-0.39, 0.29) is 5.91 Å². The first-order chi connectivity index (χ1) is 9.54. The smallest absolute Gasteiger partial charge is 0.265 e. The van der Waals surface area contributed by atoms with Crippen LogP contribution in [0.25, 0.3) is 11.1 Å². The molecular formula is C15H15N3O2. The van der Waals surface area contributed by atoms with E-state index in [1.807, 2.05) is 13.0 Å². The maximum atomic E-state index is 11.7. The normalized spacial score (nSPS) is 10.1. The van der Waals surface area contributed by atoms with Gasteiger partial charge in [-0.3, -0.25) is 15.0 Å². The Labute approximate surface area is 116 Å². The maximum Gasteiger partial charge on any atom is 0.265 e. The topological polar surface area (TPSA) is 98.2 Å². The molecule has 0 bridgehead atoms. The SMILES string of the molecule is Cc1c(C(=O)NN)cccc1-c1ccc(C(N)=O)cc1. The Morgan fingerprint density at radius 2 is 1.70 bits per heavy atom. The highest BCUT2D eigenvalue weighted by molar-refractivity contribution is 5.97. The monoisotopic (exact) mass is 269 g/mol. The Morgan fingerprint density at radius 1 is 1.05 bits per heavy atom. The van der Waals surface area contributed by atoms with Gasteiger partial charge in [0.1, 0.15) is 0 Å². The number of rotatable bonds is 3. The van der Waals surface area contributed by atoms with Crippen LogP contribution in [0.5, 0.6) is 0 Å². The highest BCUT2D eigenvalue weighted by Gasteiger charge is 2.11. The number of amides is 2. The molecule has 102 valence electrons. The van der Waals surface area contributed by atoms with Crippen LogP contribution in [-0.4, -0.2) is 11.8 Å². The second kappa shape index (κ2) is 5.54. The van der Waals surface area contributed by atoms with Crippen LogP contribution in [0.15, 0.2) is 42.5 Å². The number of benzene rings is 2. The van der Waals surface area contributed by atoms with E-state index in [1.165, 1.54) is 0 Å². The fourth-order valence-corrected chi connectivity index (χ4v) is 2.09. The molecule has 0 saturated heterocycles. The molecule has 0 aromatic heterocycles. The molecule has 5 heteroatoms. The summed E-state index contributed by atoms with van der Waals surface area (Å²) in [5.74, 6) is 4.36. The fourth-order valence-electron chi connectivity index (χ4n) is 2.09. The lowest BCUT2D eigenvalue weighted by molar-refractivity contribution is 0.0951. The third-order valence-corrected chi connectivity index (χ3v) is 3.19. The van der Waals surface area contributed by atoms with Crippen molar-refractivity contribution in [1.82, 2.24) is 5.43 Å². The maximum absolute atomic E-state index is 11.7. The number of carbonyl (C=O) groups is 2. The second-order valence-corrected chi connectivity index (χ2v) is 4.39. The molecule has 5 N–H and O–H groups in total. The molecule has 2 rings (SSSR count). The number of nitrogens with two attached hydrogens (primary N) is 2. The fraction of sp³-hybridized carbons (Fsp3) is 0.0667. The van der Waals surface area contributed by atoms with Gasteiger partial charge in [-0.05, 0) is 41.8 Å². The Bertz CT molecular complexity index is 663. The van der Waals surface area contributed by atoms with Gasteiger partial charge in [-0.1, -0.05) is 24.3 Å². The molecule has 0 aliphatic rings. The third kappa shape index (κ3) is 2.53. The Kier molecular flexibility index (Phi) is 3.81. The summed E-state index contributed by atoms with van der Waals surface area (Å²) in [5, 5.41) is 0.